The first-order valence-corrected chi connectivity index (χ1v) is 27.3. The fourth-order valence-corrected chi connectivity index (χ4v) is 8.31. The summed E-state index contributed by atoms with van der Waals surface area (Å²) in [5.74, 6) is -0.174. The number of phosphoric ester groups is 1. The lowest BCUT2D eigenvalue weighted by Gasteiger charge is -2.30. The first kappa shape index (κ1) is 59.7. The molecule has 0 saturated heterocycles. The van der Waals surface area contributed by atoms with Crippen LogP contribution in [0.15, 0.2) is 36.5 Å². The number of quaternary nitrogens is 1. The highest BCUT2D eigenvalue weighted by atomic mass is 31.2. The smallest absolute Gasteiger partial charge is 0.268 e. The van der Waals surface area contributed by atoms with E-state index in [0.29, 0.717) is 23.9 Å². The normalized spacial score (nSPS) is 14.4. The highest BCUT2D eigenvalue weighted by Gasteiger charge is 2.24. The van der Waals surface area contributed by atoms with E-state index in [1.54, 1.807) is 0 Å². The molecule has 3 atom stereocenters. The van der Waals surface area contributed by atoms with Gasteiger partial charge in [-0.25, -0.2) is 0 Å². The third-order valence-electron chi connectivity index (χ3n) is 11.6. The molecule has 0 aliphatic rings. The number of amides is 1. The first-order valence-electron chi connectivity index (χ1n) is 25.8. The molecule has 0 spiro atoms. The maximum Gasteiger partial charge on any atom is 0.268 e. The minimum atomic E-state index is -4.57. The number of nitrogens with zero attached hydrogens (tertiary/aromatic N) is 1. The Kier molecular flexibility index (Phi) is 43.0. The molecule has 8 nitrogen and oxygen atoms in total. The second-order valence-electron chi connectivity index (χ2n) is 18.9. The van der Waals surface area contributed by atoms with Gasteiger partial charge in [-0.1, -0.05) is 224 Å². The Bertz CT molecular complexity index is 1090. The summed E-state index contributed by atoms with van der Waals surface area (Å²) in [4.78, 5) is 25.4. The zero-order valence-electron chi connectivity index (χ0n) is 40.9. The number of rotatable bonds is 47. The van der Waals surface area contributed by atoms with Crippen molar-refractivity contribution < 1.29 is 32.9 Å². The van der Waals surface area contributed by atoms with E-state index in [9.17, 15) is 19.4 Å². The number of carbonyl (C=O) groups excluding carboxylic acids is 1. The van der Waals surface area contributed by atoms with E-state index >= 15 is 0 Å². The number of allylic oxidation sites excluding steroid dienone is 6. The lowest BCUT2D eigenvalue weighted by molar-refractivity contribution is -0.870. The lowest BCUT2D eigenvalue weighted by atomic mass is 10.0. The average Bonchev–Trinajstić information content (AvgIpc) is 3.21. The minimum Gasteiger partial charge on any atom is -0.756 e. The molecule has 61 heavy (non-hydrogen) atoms. The quantitative estimate of drug-likeness (QED) is 0.0273. The number of hydrogen-bond acceptors (Lipinski definition) is 6. The molecule has 2 N–H and O–H groups in total. The predicted octanol–water partition coefficient (Wildman–Crippen LogP) is 14.4. The number of aliphatic hydroxyl groups is 1. The van der Waals surface area contributed by atoms with Crippen molar-refractivity contribution in [1.82, 2.24) is 5.32 Å². The fraction of sp³-hybridized carbons (Fsp3) is 0.865. The monoisotopic (exact) mass is 881 g/mol. The predicted molar refractivity (Wildman–Crippen MR) is 261 cm³/mol. The minimum absolute atomic E-state index is 0.00975. The topological polar surface area (TPSA) is 108 Å². The van der Waals surface area contributed by atoms with E-state index < -0.39 is 20.0 Å². The summed E-state index contributed by atoms with van der Waals surface area (Å²) in [6.45, 7) is 4.62. The van der Waals surface area contributed by atoms with Crippen molar-refractivity contribution in [2.75, 3.05) is 40.9 Å². The number of likely N-dealkylation sites (N-methyl/N-ethyl adjacent to an activating group) is 1. The van der Waals surface area contributed by atoms with Crippen molar-refractivity contribution in [2.45, 2.75) is 251 Å². The molecule has 0 fully saturated rings. The van der Waals surface area contributed by atoms with Crippen molar-refractivity contribution in [1.29, 1.82) is 0 Å². The van der Waals surface area contributed by atoms with Crippen LogP contribution in [0.5, 0.6) is 0 Å². The van der Waals surface area contributed by atoms with Crippen LogP contribution in [0.1, 0.15) is 239 Å². The maximum absolute atomic E-state index is 12.9. The van der Waals surface area contributed by atoms with Gasteiger partial charge in [0.25, 0.3) is 7.82 Å². The van der Waals surface area contributed by atoms with Crippen LogP contribution in [0, 0.1) is 0 Å². The van der Waals surface area contributed by atoms with E-state index in [-0.39, 0.29) is 19.1 Å². The molecule has 0 aromatic heterocycles. The summed E-state index contributed by atoms with van der Waals surface area (Å²) >= 11 is 0. The van der Waals surface area contributed by atoms with E-state index in [0.717, 1.165) is 64.2 Å². The first-order chi connectivity index (χ1) is 29.5. The standard InChI is InChI=1S/C52H101N2O6P/c1-6-8-10-12-14-16-18-20-22-24-25-26-27-28-30-31-33-35-37-39-41-43-45-51(55)50(49-60-61(57,58)59-48-47-54(3,4)5)53-52(56)46-44-42-40-38-36-34-32-29-23-21-19-17-15-13-11-9-7-2/h9,11,15,17,21,23,50-51,55H,6-8,10,12-14,16,18-20,22,24-49H2,1-5H3,(H-,53,56,57,58)/b11-9-,17-15-,23-21-. The van der Waals surface area contributed by atoms with Gasteiger partial charge in [-0.05, 0) is 44.9 Å². The molecule has 0 aromatic rings. The van der Waals surface area contributed by atoms with Gasteiger partial charge in [-0.15, -0.1) is 0 Å². The van der Waals surface area contributed by atoms with Crippen molar-refractivity contribution in [3.8, 4) is 0 Å². The number of phosphoric acid groups is 1. The van der Waals surface area contributed by atoms with Gasteiger partial charge in [0.1, 0.15) is 13.2 Å². The molecule has 0 aliphatic heterocycles. The SMILES string of the molecule is CC/C=C\C/C=C\C/C=C\CCCCCCCCCC(=O)NC(COP(=O)([O-])OCC[N+](C)(C)C)C(O)CCCCCCCCCCCCCCCCCCCCCCCC. The molecule has 3 unspecified atom stereocenters. The zero-order chi connectivity index (χ0) is 45.0. The van der Waals surface area contributed by atoms with Crippen LogP contribution in [0.2, 0.25) is 0 Å². The lowest BCUT2D eigenvalue weighted by Crippen LogP contribution is -2.46. The highest BCUT2D eigenvalue weighted by Crippen LogP contribution is 2.38. The number of unbranched alkanes of at least 4 members (excludes halogenated alkanes) is 28. The molecule has 0 aromatic carbocycles. The van der Waals surface area contributed by atoms with E-state index in [2.05, 4.69) is 55.6 Å². The van der Waals surface area contributed by atoms with Crippen molar-refractivity contribution in [2.24, 2.45) is 0 Å². The Morgan fingerprint density at radius 1 is 0.590 bits per heavy atom. The Hall–Kier alpha value is -1.28. The Balaban J connectivity index is 4.24. The highest BCUT2D eigenvalue weighted by molar-refractivity contribution is 7.45. The maximum atomic E-state index is 12.9. The molecule has 0 aliphatic carbocycles. The average molecular weight is 881 g/mol. The van der Waals surface area contributed by atoms with E-state index in [1.807, 2.05) is 21.1 Å². The summed E-state index contributed by atoms with van der Waals surface area (Å²) in [6, 6.07) is -0.806. The number of hydrogen-bond donors (Lipinski definition) is 2. The Labute approximate surface area is 378 Å². The molecule has 0 radical (unpaired) electrons. The molecule has 0 heterocycles. The summed E-state index contributed by atoms with van der Waals surface area (Å²) in [7, 11) is 1.30. The summed E-state index contributed by atoms with van der Waals surface area (Å²) in [5, 5.41) is 14.0. The van der Waals surface area contributed by atoms with Gasteiger partial charge in [0.05, 0.1) is 39.9 Å². The van der Waals surface area contributed by atoms with Crippen LogP contribution in [0.4, 0.5) is 0 Å². The summed E-state index contributed by atoms with van der Waals surface area (Å²) < 4.78 is 23.4. The van der Waals surface area contributed by atoms with Gasteiger partial charge in [0.2, 0.25) is 5.91 Å². The van der Waals surface area contributed by atoms with Crippen molar-refractivity contribution in [3.63, 3.8) is 0 Å². The molecule has 0 bridgehead atoms. The number of carbonyl (C=O) groups is 1. The number of aliphatic hydroxyl groups excluding tert-OH is 1. The second-order valence-corrected chi connectivity index (χ2v) is 20.3. The molecule has 1 amide bonds. The van der Waals surface area contributed by atoms with Gasteiger partial charge in [-0.2, -0.15) is 0 Å². The van der Waals surface area contributed by atoms with Gasteiger partial charge >= 0.3 is 0 Å². The van der Waals surface area contributed by atoms with Crippen LogP contribution in [0.3, 0.4) is 0 Å². The fourth-order valence-electron chi connectivity index (χ4n) is 7.58. The van der Waals surface area contributed by atoms with Crippen LogP contribution in [0.25, 0.3) is 0 Å². The van der Waals surface area contributed by atoms with Crippen LogP contribution < -0.4 is 10.2 Å². The van der Waals surface area contributed by atoms with Gasteiger partial charge < -0.3 is 28.8 Å². The molecular weight excluding hydrogens is 780 g/mol. The molecule has 0 saturated carbocycles. The van der Waals surface area contributed by atoms with Crippen LogP contribution >= 0.6 is 7.82 Å². The van der Waals surface area contributed by atoms with Crippen LogP contribution in [-0.4, -0.2) is 68.5 Å². The van der Waals surface area contributed by atoms with Gasteiger partial charge in [0.15, 0.2) is 0 Å². The third kappa shape index (κ3) is 46.5. The van der Waals surface area contributed by atoms with Crippen molar-refractivity contribution in [3.05, 3.63) is 36.5 Å². The Morgan fingerprint density at radius 2 is 1.00 bits per heavy atom. The molecule has 0 rings (SSSR count). The largest absolute Gasteiger partial charge is 0.756 e. The zero-order valence-corrected chi connectivity index (χ0v) is 41.8. The van der Waals surface area contributed by atoms with E-state index in [4.69, 9.17) is 9.05 Å². The molecular formula is C52H101N2O6P. The van der Waals surface area contributed by atoms with E-state index in [1.165, 1.54) is 148 Å². The van der Waals surface area contributed by atoms with Crippen molar-refractivity contribution >= 4 is 13.7 Å². The van der Waals surface area contributed by atoms with Gasteiger partial charge in [-0.3, -0.25) is 9.36 Å². The summed E-state index contributed by atoms with van der Waals surface area (Å²) in [6.07, 6.45) is 54.4. The van der Waals surface area contributed by atoms with Gasteiger partial charge in [0, 0.05) is 6.42 Å². The number of nitrogens with one attached hydrogen (secondary N) is 1. The van der Waals surface area contributed by atoms with Crippen LogP contribution in [-0.2, 0) is 18.4 Å². The molecule has 9 heteroatoms. The second kappa shape index (κ2) is 43.9. The Morgan fingerprint density at radius 3 is 1.46 bits per heavy atom. The third-order valence-corrected chi connectivity index (χ3v) is 12.6. The molecule has 360 valence electrons. The summed E-state index contributed by atoms with van der Waals surface area (Å²) in [5.41, 5.74) is 0.